The Hall–Kier alpha value is -1.82. The molecule has 0 spiro atoms. The van der Waals surface area contributed by atoms with Gasteiger partial charge in [-0.1, -0.05) is 44.0 Å². The van der Waals surface area contributed by atoms with E-state index in [1.54, 1.807) is 0 Å². The fraction of sp³-hybridized carbons (Fsp3) is 0.182. The van der Waals surface area contributed by atoms with E-state index in [2.05, 4.69) is 85.1 Å². The first-order valence-corrected chi connectivity index (χ1v) is 10.4. The molecule has 0 fully saturated rings. The molecule has 5 heteroatoms. The van der Waals surface area contributed by atoms with Crippen LogP contribution in [0.4, 0.5) is 5.69 Å². The predicted molar refractivity (Wildman–Crippen MR) is 120 cm³/mol. The van der Waals surface area contributed by atoms with Crippen molar-refractivity contribution in [3.8, 4) is 0 Å². The highest BCUT2D eigenvalue weighted by Crippen LogP contribution is 2.36. The molecule has 2 atom stereocenters. The average molecular weight is 488 g/mol. The van der Waals surface area contributed by atoms with E-state index in [0.29, 0.717) is 0 Å². The van der Waals surface area contributed by atoms with Crippen molar-refractivity contribution in [2.45, 2.75) is 26.1 Å². The topological polar surface area (TPSA) is 37.2 Å². The quantitative estimate of drug-likeness (QED) is 0.339. The first kappa shape index (κ1) is 18.5. The van der Waals surface area contributed by atoms with Crippen LogP contribution in [0.15, 0.2) is 69.6 Å². The number of aliphatic hydroxyl groups excluding tert-OH is 1. The lowest BCUT2D eigenvalue weighted by molar-refractivity contribution is 0.147. The van der Waals surface area contributed by atoms with Crippen LogP contribution in [-0.2, 0) is 0 Å². The van der Waals surface area contributed by atoms with E-state index in [-0.39, 0.29) is 6.17 Å². The summed E-state index contributed by atoms with van der Waals surface area (Å²) in [6.45, 7) is 3.89. The maximum atomic E-state index is 10.6. The molecule has 0 bridgehead atoms. The molecule has 0 aliphatic carbocycles. The Morgan fingerprint density at radius 3 is 2.00 bits per heavy atom. The summed E-state index contributed by atoms with van der Waals surface area (Å²) in [4.78, 5) is 0. The van der Waals surface area contributed by atoms with Crippen LogP contribution >= 0.6 is 31.9 Å². The van der Waals surface area contributed by atoms with E-state index in [0.717, 1.165) is 36.4 Å². The van der Waals surface area contributed by atoms with E-state index in [1.807, 2.05) is 31.2 Å². The van der Waals surface area contributed by atoms with Crippen LogP contribution in [0.5, 0.6) is 0 Å². The lowest BCUT2D eigenvalue weighted by atomic mass is 10.2. The van der Waals surface area contributed by atoms with Crippen molar-refractivity contribution in [2.75, 3.05) is 5.32 Å². The summed E-state index contributed by atoms with van der Waals surface area (Å²) in [6.07, 6.45) is -0.884. The summed E-state index contributed by atoms with van der Waals surface area (Å²) in [5.41, 5.74) is 4.33. The standard InChI is InChI=1S/C22H20Br2N2O/c1-13-4-3-5-17(10-13)25-22(14(2)27)26-20-8-6-15(23)11-18(20)19-12-16(24)7-9-21(19)26/h3-12,14,22,25,27H,1-2H3. The summed E-state index contributed by atoms with van der Waals surface area (Å²) in [6, 6.07) is 20.8. The number of nitrogens with one attached hydrogen (secondary N) is 1. The van der Waals surface area contributed by atoms with Crippen LogP contribution in [0, 0.1) is 6.92 Å². The summed E-state index contributed by atoms with van der Waals surface area (Å²) in [5, 5.41) is 16.5. The highest BCUT2D eigenvalue weighted by molar-refractivity contribution is 9.10. The Bertz CT molecular complexity index is 1070. The fourth-order valence-corrected chi connectivity index (χ4v) is 4.33. The lowest BCUT2D eigenvalue weighted by Gasteiger charge is -2.26. The van der Waals surface area contributed by atoms with Gasteiger partial charge in [0.1, 0.15) is 6.17 Å². The number of nitrogens with zero attached hydrogens (tertiary/aromatic N) is 1. The number of fused-ring (bicyclic) bond motifs is 3. The smallest absolute Gasteiger partial charge is 0.130 e. The van der Waals surface area contributed by atoms with Gasteiger partial charge in [0, 0.05) is 25.4 Å². The van der Waals surface area contributed by atoms with Gasteiger partial charge >= 0.3 is 0 Å². The Kier molecular flexibility index (Phi) is 5.01. The van der Waals surface area contributed by atoms with E-state index < -0.39 is 6.10 Å². The molecule has 0 radical (unpaired) electrons. The van der Waals surface area contributed by atoms with Gasteiger partial charge in [-0.3, -0.25) is 0 Å². The van der Waals surface area contributed by atoms with Gasteiger partial charge in [0.05, 0.1) is 17.1 Å². The molecule has 0 saturated carbocycles. The van der Waals surface area contributed by atoms with Crippen LogP contribution in [-0.4, -0.2) is 15.8 Å². The van der Waals surface area contributed by atoms with Gasteiger partial charge in [-0.05, 0) is 67.9 Å². The van der Waals surface area contributed by atoms with Crippen LogP contribution in [0.2, 0.25) is 0 Å². The van der Waals surface area contributed by atoms with Gasteiger partial charge < -0.3 is 15.0 Å². The second-order valence-electron chi connectivity index (χ2n) is 6.89. The lowest BCUT2D eigenvalue weighted by Crippen LogP contribution is -2.28. The zero-order chi connectivity index (χ0) is 19.1. The number of aryl methyl sites for hydroxylation is 1. The summed E-state index contributed by atoms with van der Waals surface area (Å²) >= 11 is 7.18. The molecule has 4 rings (SSSR count). The van der Waals surface area contributed by atoms with Gasteiger partial charge in [-0.25, -0.2) is 0 Å². The highest BCUT2D eigenvalue weighted by Gasteiger charge is 2.22. The van der Waals surface area contributed by atoms with Gasteiger partial charge in [0.2, 0.25) is 0 Å². The van der Waals surface area contributed by atoms with E-state index >= 15 is 0 Å². The largest absolute Gasteiger partial charge is 0.389 e. The molecule has 3 aromatic carbocycles. The summed E-state index contributed by atoms with van der Waals surface area (Å²) in [7, 11) is 0. The molecule has 0 aliphatic heterocycles. The molecular weight excluding hydrogens is 468 g/mol. The van der Waals surface area contributed by atoms with Crippen LogP contribution in [0.3, 0.4) is 0 Å². The van der Waals surface area contributed by atoms with Gasteiger partial charge in [-0.15, -0.1) is 0 Å². The van der Waals surface area contributed by atoms with Crippen molar-refractivity contribution in [3.05, 3.63) is 75.2 Å². The average Bonchev–Trinajstić information content (AvgIpc) is 2.92. The molecule has 138 valence electrons. The van der Waals surface area contributed by atoms with Crippen molar-refractivity contribution >= 4 is 59.4 Å². The number of hydrogen-bond acceptors (Lipinski definition) is 2. The van der Waals surface area contributed by atoms with Gasteiger partial charge in [-0.2, -0.15) is 0 Å². The number of aromatic nitrogens is 1. The molecular formula is C22H20Br2N2O. The van der Waals surface area contributed by atoms with Crippen molar-refractivity contribution < 1.29 is 5.11 Å². The molecule has 1 aromatic heterocycles. The summed E-state index contributed by atoms with van der Waals surface area (Å²) in [5.74, 6) is 0. The normalized spacial score (nSPS) is 13.8. The highest BCUT2D eigenvalue weighted by atomic mass is 79.9. The molecule has 2 N–H and O–H groups in total. The first-order chi connectivity index (χ1) is 12.9. The zero-order valence-corrected chi connectivity index (χ0v) is 18.3. The third kappa shape index (κ3) is 3.51. The number of hydrogen-bond donors (Lipinski definition) is 2. The van der Waals surface area contributed by atoms with E-state index in [1.165, 1.54) is 5.56 Å². The minimum Gasteiger partial charge on any atom is -0.389 e. The van der Waals surface area contributed by atoms with Gasteiger partial charge in [0.25, 0.3) is 0 Å². The number of rotatable bonds is 4. The third-order valence-electron chi connectivity index (χ3n) is 4.79. The molecule has 0 saturated heterocycles. The van der Waals surface area contributed by atoms with E-state index in [9.17, 15) is 5.11 Å². The number of halogens is 2. The van der Waals surface area contributed by atoms with Crippen molar-refractivity contribution in [2.24, 2.45) is 0 Å². The van der Waals surface area contributed by atoms with Crippen LogP contribution in [0.1, 0.15) is 18.7 Å². The zero-order valence-electron chi connectivity index (χ0n) is 15.1. The van der Waals surface area contributed by atoms with Crippen molar-refractivity contribution in [1.82, 2.24) is 4.57 Å². The second-order valence-corrected chi connectivity index (χ2v) is 8.72. The SMILES string of the molecule is Cc1cccc(NC(C(C)O)n2c3ccc(Br)cc3c3cc(Br)ccc32)c1. The second kappa shape index (κ2) is 7.30. The Morgan fingerprint density at radius 1 is 0.889 bits per heavy atom. The summed E-state index contributed by atoms with van der Waals surface area (Å²) < 4.78 is 4.26. The monoisotopic (exact) mass is 486 g/mol. The third-order valence-corrected chi connectivity index (χ3v) is 5.78. The van der Waals surface area contributed by atoms with Crippen LogP contribution in [0.25, 0.3) is 21.8 Å². The van der Waals surface area contributed by atoms with Crippen LogP contribution < -0.4 is 5.32 Å². The fourth-order valence-electron chi connectivity index (χ4n) is 3.60. The number of anilines is 1. The Morgan fingerprint density at radius 2 is 1.48 bits per heavy atom. The van der Waals surface area contributed by atoms with Gasteiger partial charge in [0.15, 0.2) is 0 Å². The van der Waals surface area contributed by atoms with Crippen molar-refractivity contribution in [3.63, 3.8) is 0 Å². The maximum absolute atomic E-state index is 10.6. The number of benzene rings is 3. The predicted octanol–water partition coefficient (Wildman–Crippen LogP) is 6.62. The number of aliphatic hydroxyl groups is 1. The minimum atomic E-state index is -0.586. The molecule has 0 amide bonds. The molecule has 1 heterocycles. The van der Waals surface area contributed by atoms with E-state index in [4.69, 9.17) is 0 Å². The Balaban J connectivity index is 1.96. The first-order valence-electron chi connectivity index (χ1n) is 8.84. The Labute approximate surface area is 175 Å². The molecule has 2 unspecified atom stereocenters. The van der Waals surface area contributed by atoms with Crippen molar-refractivity contribution in [1.29, 1.82) is 0 Å². The maximum Gasteiger partial charge on any atom is 0.130 e. The molecule has 27 heavy (non-hydrogen) atoms. The molecule has 0 aliphatic rings. The molecule has 3 nitrogen and oxygen atoms in total. The molecule has 4 aromatic rings. The minimum absolute atomic E-state index is 0.297.